The van der Waals surface area contributed by atoms with E-state index >= 15 is 0 Å². The van der Waals surface area contributed by atoms with Crippen LogP contribution in [0.15, 0.2) is 70.5 Å². The third-order valence-corrected chi connectivity index (χ3v) is 5.81. The zero-order valence-electron chi connectivity index (χ0n) is 16.1. The van der Waals surface area contributed by atoms with Crippen LogP contribution in [0.5, 0.6) is 0 Å². The van der Waals surface area contributed by atoms with Gasteiger partial charge in [-0.3, -0.25) is 4.57 Å². The third kappa shape index (κ3) is 3.23. The van der Waals surface area contributed by atoms with Crippen molar-refractivity contribution < 1.29 is 4.52 Å². The molecule has 0 aliphatic heterocycles. The Hall–Kier alpha value is -3.32. The van der Waals surface area contributed by atoms with Gasteiger partial charge in [-0.05, 0) is 31.5 Å². The van der Waals surface area contributed by atoms with Crippen LogP contribution in [-0.2, 0) is 5.75 Å². The molecular weight excluding hydrogens is 382 g/mol. The topological polar surface area (TPSA) is 72.5 Å². The van der Waals surface area contributed by atoms with E-state index in [0.717, 1.165) is 50.2 Å². The Morgan fingerprint density at radius 1 is 1.03 bits per heavy atom. The van der Waals surface area contributed by atoms with E-state index in [0.29, 0.717) is 5.75 Å². The SMILES string of the molecule is Cc1cc(CSc2nnc(-c3c[nH]c4ccccc34)n2-c2ccccc2C)no1. The lowest BCUT2D eigenvalue weighted by Crippen LogP contribution is -2.01. The summed E-state index contributed by atoms with van der Waals surface area (Å²) in [5.74, 6) is 2.28. The molecule has 0 aliphatic rings. The van der Waals surface area contributed by atoms with Crippen molar-refractivity contribution in [1.29, 1.82) is 0 Å². The standard InChI is InChI=1S/C22H19N5OS/c1-14-7-3-6-10-20(14)27-21(18-12-23-19-9-5-4-8-17(18)19)24-25-22(27)29-13-16-11-15(2)28-26-16/h3-12,23H,13H2,1-2H3. The van der Waals surface area contributed by atoms with Crippen molar-refractivity contribution in [2.45, 2.75) is 24.8 Å². The molecule has 0 bridgehead atoms. The van der Waals surface area contributed by atoms with Crippen LogP contribution in [0.25, 0.3) is 28.0 Å². The van der Waals surface area contributed by atoms with Crippen molar-refractivity contribution in [1.82, 2.24) is 24.9 Å². The fraction of sp³-hybridized carbons (Fsp3) is 0.136. The van der Waals surface area contributed by atoms with Crippen molar-refractivity contribution in [3.05, 3.63) is 77.8 Å². The summed E-state index contributed by atoms with van der Waals surface area (Å²) in [6.07, 6.45) is 2.00. The number of para-hydroxylation sites is 2. The number of benzene rings is 2. The van der Waals surface area contributed by atoms with Gasteiger partial charge in [0.1, 0.15) is 5.76 Å². The van der Waals surface area contributed by atoms with Gasteiger partial charge in [-0.1, -0.05) is 53.3 Å². The van der Waals surface area contributed by atoms with E-state index in [1.807, 2.05) is 43.5 Å². The second-order valence-electron chi connectivity index (χ2n) is 6.89. The van der Waals surface area contributed by atoms with Crippen molar-refractivity contribution in [3.8, 4) is 17.1 Å². The first-order valence-corrected chi connectivity index (χ1v) is 10.3. The number of hydrogen-bond acceptors (Lipinski definition) is 5. The molecule has 29 heavy (non-hydrogen) atoms. The van der Waals surface area contributed by atoms with Crippen LogP contribution in [0.3, 0.4) is 0 Å². The lowest BCUT2D eigenvalue weighted by Gasteiger charge is -2.12. The maximum absolute atomic E-state index is 5.19. The Morgan fingerprint density at radius 3 is 2.69 bits per heavy atom. The molecule has 3 heterocycles. The molecule has 0 spiro atoms. The highest BCUT2D eigenvalue weighted by atomic mass is 32.2. The number of hydrogen-bond donors (Lipinski definition) is 1. The summed E-state index contributed by atoms with van der Waals surface area (Å²) in [4.78, 5) is 3.34. The van der Waals surface area contributed by atoms with Gasteiger partial charge in [0.15, 0.2) is 11.0 Å². The van der Waals surface area contributed by atoms with E-state index in [9.17, 15) is 0 Å². The van der Waals surface area contributed by atoms with Crippen molar-refractivity contribution in [2.75, 3.05) is 0 Å². The molecule has 6 nitrogen and oxygen atoms in total. The van der Waals surface area contributed by atoms with Gasteiger partial charge in [0.25, 0.3) is 0 Å². The zero-order chi connectivity index (χ0) is 19.8. The summed E-state index contributed by atoms with van der Waals surface area (Å²) in [6.45, 7) is 4.00. The molecule has 1 N–H and O–H groups in total. The molecule has 0 saturated heterocycles. The van der Waals surface area contributed by atoms with Crippen LogP contribution in [0.2, 0.25) is 0 Å². The number of aryl methyl sites for hydroxylation is 2. The van der Waals surface area contributed by atoms with Crippen LogP contribution < -0.4 is 0 Å². The molecule has 2 aromatic carbocycles. The lowest BCUT2D eigenvalue weighted by atomic mass is 10.1. The summed E-state index contributed by atoms with van der Waals surface area (Å²) < 4.78 is 7.32. The maximum Gasteiger partial charge on any atom is 0.196 e. The van der Waals surface area contributed by atoms with Gasteiger partial charge in [-0.25, -0.2) is 0 Å². The van der Waals surface area contributed by atoms with Gasteiger partial charge in [0.05, 0.1) is 11.4 Å². The van der Waals surface area contributed by atoms with Gasteiger partial charge >= 0.3 is 0 Å². The first-order chi connectivity index (χ1) is 14.2. The second kappa shape index (κ2) is 7.25. The molecule has 3 aromatic heterocycles. The Balaban J connectivity index is 1.63. The van der Waals surface area contributed by atoms with Crippen LogP contribution >= 0.6 is 11.8 Å². The number of fused-ring (bicyclic) bond motifs is 1. The number of H-pyrrole nitrogens is 1. The number of nitrogens with zero attached hydrogens (tertiary/aromatic N) is 4. The highest BCUT2D eigenvalue weighted by molar-refractivity contribution is 7.98. The number of aromatic amines is 1. The average Bonchev–Trinajstić information content (AvgIpc) is 3.44. The van der Waals surface area contributed by atoms with Crippen LogP contribution in [0.1, 0.15) is 17.0 Å². The van der Waals surface area contributed by atoms with E-state index < -0.39 is 0 Å². The largest absolute Gasteiger partial charge is 0.361 e. The minimum atomic E-state index is 0.662. The number of rotatable bonds is 5. The van der Waals surface area contributed by atoms with Gasteiger partial charge in [0.2, 0.25) is 0 Å². The van der Waals surface area contributed by atoms with Gasteiger partial charge in [-0.2, -0.15) is 0 Å². The van der Waals surface area contributed by atoms with Crippen molar-refractivity contribution in [3.63, 3.8) is 0 Å². The van der Waals surface area contributed by atoms with Crippen LogP contribution in [0.4, 0.5) is 0 Å². The highest BCUT2D eigenvalue weighted by Crippen LogP contribution is 2.34. The molecule has 0 radical (unpaired) electrons. The van der Waals surface area contributed by atoms with Gasteiger partial charge in [-0.15, -0.1) is 10.2 Å². The van der Waals surface area contributed by atoms with Crippen molar-refractivity contribution in [2.24, 2.45) is 0 Å². The predicted molar refractivity (Wildman–Crippen MR) is 114 cm³/mol. The summed E-state index contributed by atoms with van der Waals surface area (Å²) in [7, 11) is 0. The second-order valence-corrected chi connectivity index (χ2v) is 7.84. The zero-order valence-corrected chi connectivity index (χ0v) is 16.9. The third-order valence-electron chi connectivity index (χ3n) is 4.85. The quantitative estimate of drug-likeness (QED) is 0.404. The summed E-state index contributed by atoms with van der Waals surface area (Å²) in [6, 6.07) is 18.5. The molecule has 7 heteroatoms. The molecule has 0 aliphatic carbocycles. The number of aromatic nitrogens is 5. The minimum absolute atomic E-state index is 0.662. The van der Waals surface area contributed by atoms with E-state index in [1.54, 1.807) is 11.8 Å². The Labute approximate surface area is 172 Å². The molecule has 0 unspecified atom stereocenters. The average molecular weight is 401 g/mol. The summed E-state index contributed by atoms with van der Waals surface area (Å²) in [5.41, 5.74) is 5.22. The molecule has 144 valence electrons. The summed E-state index contributed by atoms with van der Waals surface area (Å²) >= 11 is 1.60. The molecule has 0 amide bonds. The molecule has 5 rings (SSSR count). The number of nitrogens with one attached hydrogen (secondary N) is 1. The van der Waals surface area contributed by atoms with Crippen molar-refractivity contribution >= 4 is 22.7 Å². The first kappa shape index (κ1) is 17.8. The molecular formula is C22H19N5OS. The highest BCUT2D eigenvalue weighted by Gasteiger charge is 2.20. The fourth-order valence-electron chi connectivity index (χ4n) is 3.45. The molecule has 0 saturated carbocycles. The Morgan fingerprint density at radius 2 is 1.86 bits per heavy atom. The van der Waals surface area contributed by atoms with E-state index in [4.69, 9.17) is 4.52 Å². The Bertz CT molecular complexity index is 1300. The van der Waals surface area contributed by atoms with Gasteiger partial charge in [0, 0.05) is 34.5 Å². The fourth-order valence-corrected chi connectivity index (χ4v) is 4.28. The number of thioether (sulfide) groups is 1. The Kier molecular flexibility index (Phi) is 4.44. The van der Waals surface area contributed by atoms with Crippen LogP contribution in [-0.4, -0.2) is 24.9 Å². The molecule has 0 fully saturated rings. The molecule has 5 aromatic rings. The van der Waals surface area contributed by atoms with Gasteiger partial charge < -0.3 is 9.51 Å². The minimum Gasteiger partial charge on any atom is -0.361 e. The predicted octanol–water partition coefficient (Wildman–Crippen LogP) is 5.31. The lowest BCUT2D eigenvalue weighted by molar-refractivity contribution is 0.393. The molecule has 0 atom stereocenters. The maximum atomic E-state index is 5.19. The normalized spacial score (nSPS) is 11.4. The van der Waals surface area contributed by atoms with E-state index in [2.05, 4.69) is 56.1 Å². The first-order valence-electron chi connectivity index (χ1n) is 9.33. The monoisotopic (exact) mass is 401 g/mol. The summed E-state index contributed by atoms with van der Waals surface area (Å²) in [5, 5.41) is 15.1. The van der Waals surface area contributed by atoms with Crippen LogP contribution in [0, 0.1) is 13.8 Å². The van der Waals surface area contributed by atoms with E-state index in [1.165, 1.54) is 0 Å². The van der Waals surface area contributed by atoms with E-state index in [-0.39, 0.29) is 0 Å². The smallest absolute Gasteiger partial charge is 0.196 e.